The number of hydrogen-bond donors (Lipinski definition) is 1. The first-order valence-electron chi connectivity index (χ1n) is 4.28. The van der Waals surface area contributed by atoms with E-state index in [2.05, 4.69) is 11.9 Å². The predicted molar refractivity (Wildman–Crippen MR) is 46.8 cm³/mol. The van der Waals surface area contributed by atoms with Gasteiger partial charge >= 0.3 is 0 Å². The SMILES string of the molecule is C=CCC1(CC)OCCNC1=O. The summed E-state index contributed by atoms with van der Waals surface area (Å²) in [5, 5.41) is 2.80. The van der Waals surface area contributed by atoms with Crippen molar-refractivity contribution in [2.45, 2.75) is 25.4 Å². The van der Waals surface area contributed by atoms with Gasteiger partial charge in [0.1, 0.15) is 5.60 Å². The van der Waals surface area contributed by atoms with Crippen LogP contribution in [0, 0.1) is 0 Å². The third-order valence-electron chi connectivity index (χ3n) is 2.22. The number of ether oxygens (including phenoxy) is 1. The van der Waals surface area contributed by atoms with Gasteiger partial charge in [-0.3, -0.25) is 4.79 Å². The minimum Gasteiger partial charge on any atom is -0.363 e. The average Bonchev–Trinajstić information content (AvgIpc) is 2.10. The number of nitrogens with one attached hydrogen (secondary N) is 1. The molecule has 1 aliphatic rings. The lowest BCUT2D eigenvalue weighted by atomic mass is 9.94. The highest BCUT2D eigenvalue weighted by molar-refractivity contribution is 5.85. The summed E-state index contributed by atoms with van der Waals surface area (Å²) in [6.45, 7) is 6.80. The standard InChI is InChI=1S/C9H15NO2/c1-3-5-9(4-2)8(11)10-6-7-12-9/h3H,1,4-7H2,2H3,(H,10,11). The van der Waals surface area contributed by atoms with Crippen molar-refractivity contribution in [3.05, 3.63) is 12.7 Å². The van der Waals surface area contributed by atoms with Crippen LogP contribution in [0.15, 0.2) is 12.7 Å². The topological polar surface area (TPSA) is 38.3 Å². The van der Waals surface area contributed by atoms with Crippen LogP contribution in [0.3, 0.4) is 0 Å². The maximum Gasteiger partial charge on any atom is 0.252 e. The second-order valence-corrected chi connectivity index (χ2v) is 2.95. The molecule has 0 aromatic heterocycles. The molecule has 1 heterocycles. The smallest absolute Gasteiger partial charge is 0.252 e. The Hall–Kier alpha value is -0.830. The molecule has 0 radical (unpaired) electrons. The molecule has 1 N–H and O–H groups in total. The van der Waals surface area contributed by atoms with Crippen molar-refractivity contribution in [1.82, 2.24) is 5.32 Å². The molecule has 3 heteroatoms. The monoisotopic (exact) mass is 169 g/mol. The molecule has 0 bridgehead atoms. The molecule has 0 aliphatic carbocycles. The molecular formula is C9H15NO2. The lowest BCUT2D eigenvalue weighted by molar-refractivity contribution is -0.154. The minimum absolute atomic E-state index is 0.00356. The van der Waals surface area contributed by atoms with Crippen LogP contribution in [0.2, 0.25) is 0 Å². The number of carbonyl (C=O) groups is 1. The van der Waals surface area contributed by atoms with Crippen LogP contribution in [0.4, 0.5) is 0 Å². The van der Waals surface area contributed by atoms with Crippen molar-refractivity contribution in [2.24, 2.45) is 0 Å². The molecule has 0 aromatic carbocycles. The van der Waals surface area contributed by atoms with Crippen LogP contribution >= 0.6 is 0 Å². The summed E-state index contributed by atoms with van der Waals surface area (Å²) >= 11 is 0. The van der Waals surface area contributed by atoms with E-state index in [1.807, 2.05) is 6.92 Å². The Balaban J connectivity index is 2.73. The summed E-state index contributed by atoms with van der Waals surface area (Å²) in [7, 11) is 0. The normalized spacial score (nSPS) is 29.6. The Morgan fingerprint density at radius 2 is 2.58 bits per heavy atom. The van der Waals surface area contributed by atoms with Gasteiger partial charge in [-0.1, -0.05) is 13.0 Å². The molecule has 1 amide bonds. The third-order valence-corrected chi connectivity index (χ3v) is 2.22. The van der Waals surface area contributed by atoms with Gasteiger partial charge in [0, 0.05) is 13.0 Å². The molecule has 1 saturated heterocycles. The fourth-order valence-electron chi connectivity index (χ4n) is 1.43. The van der Waals surface area contributed by atoms with E-state index < -0.39 is 5.60 Å². The Morgan fingerprint density at radius 3 is 3.08 bits per heavy atom. The second-order valence-electron chi connectivity index (χ2n) is 2.95. The first-order chi connectivity index (χ1) is 5.75. The van der Waals surface area contributed by atoms with Crippen LogP contribution < -0.4 is 5.32 Å². The summed E-state index contributed by atoms with van der Waals surface area (Å²) < 4.78 is 5.48. The van der Waals surface area contributed by atoms with E-state index in [4.69, 9.17) is 4.74 Å². The molecule has 1 aliphatic heterocycles. The Kier molecular flexibility index (Phi) is 2.87. The van der Waals surface area contributed by atoms with Gasteiger partial charge in [-0.2, -0.15) is 0 Å². The van der Waals surface area contributed by atoms with Gasteiger partial charge < -0.3 is 10.1 Å². The number of rotatable bonds is 3. The first kappa shape index (κ1) is 9.26. The molecule has 1 rings (SSSR count). The van der Waals surface area contributed by atoms with Crippen molar-refractivity contribution in [1.29, 1.82) is 0 Å². The van der Waals surface area contributed by atoms with E-state index in [-0.39, 0.29) is 5.91 Å². The minimum atomic E-state index is -0.639. The van der Waals surface area contributed by atoms with Gasteiger partial charge in [-0.05, 0) is 6.42 Å². The molecule has 68 valence electrons. The van der Waals surface area contributed by atoms with Gasteiger partial charge in [0.2, 0.25) is 0 Å². The molecule has 3 nitrogen and oxygen atoms in total. The maximum atomic E-state index is 11.5. The maximum absolute atomic E-state index is 11.5. The molecule has 0 aromatic rings. The van der Waals surface area contributed by atoms with Gasteiger partial charge in [0.15, 0.2) is 0 Å². The van der Waals surface area contributed by atoms with Crippen LogP contribution in [0.5, 0.6) is 0 Å². The van der Waals surface area contributed by atoms with Crippen molar-refractivity contribution in [3.63, 3.8) is 0 Å². The lowest BCUT2D eigenvalue weighted by Gasteiger charge is -2.34. The molecular weight excluding hydrogens is 154 g/mol. The van der Waals surface area contributed by atoms with Crippen LogP contribution in [0.1, 0.15) is 19.8 Å². The Morgan fingerprint density at radius 1 is 1.83 bits per heavy atom. The summed E-state index contributed by atoms with van der Waals surface area (Å²) in [5.74, 6) is -0.00356. The lowest BCUT2D eigenvalue weighted by Crippen LogP contribution is -2.54. The van der Waals surface area contributed by atoms with Crippen LogP contribution in [-0.2, 0) is 9.53 Å². The fraction of sp³-hybridized carbons (Fsp3) is 0.667. The van der Waals surface area contributed by atoms with Gasteiger partial charge in [0.25, 0.3) is 5.91 Å². The molecule has 1 fully saturated rings. The Labute approximate surface area is 72.8 Å². The fourth-order valence-corrected chi connectivity index (χ4v) is 1.43. The predicted octanol–water partition coefficient (Wildman–Crippen LogP) is 0.858. The van der Waals surface area contributed by atoms with E-state index in [0.717, 1.165) is 0 Å². The molecule has 0 saturated carbocycles. The number of carbonyl (C=O) groups excluding carboxylic acids is 1. The van der Waals surface area contributed by atoms with Crippen molar-refractivity contribution < 1.29 is 9.53 Å². The molecule has 0 spiro atoms. The largest absolute Gasteiger partial charge is 0.363 e. The second kappa shape index (κ2) is 3.72. The Bertz CT molecular complexity index is 191. The van der Waals surface area contributed by atoms with Gasteiger partial charge in [-0.25, -0.2) is 0 Å². The highest BCUT2D eigenvalue weighted by atomic mass is 16.5. The highest BCUT2D eigenvalue weighted by Crippen LogP contribution is 2.23. The van der Waals surface area contributed by atoms with Crippen LogP contribution in [-0.4, -0.2) is 24.7 Å². The summed E-state index contributed by atoms with van der Waals surface area (Å²) in [5.41, 5.74) is -0.639. The number of hydrogen-bond acceptors (Lipinski definition) is 2. The van der Waals surface area contributed by atoms with Crippen molar-refractivity contribution >= 4 is 5.91 Å². The quantitative estimate of drug-likeness (QED) is 0.636. The van der Waals surface area contributed by atoms with E-state index in [1.165, 1.54) is 0 Å². The number of morpholine rings is 1. The van der Waals surface area contributed by atoms with Gasteiger partial charge in [0.05, 0.1) is 6.61 Å². The van der Waals surface area contributed by atoms with E-state index in [0.29, 0.717) is 26.0 Å². The van der Waals surface area contributed by atoms with Crippen LogP contribution in [0.25, 0.3) is 0 Å². The zero-order chi connectivity index (χ0) is 9.03. The molecule has 1 atom stereocenters. The summed E-state index contributed by atoms with van der Waals surface area (Å²) in [6, 6.07) is 0. The number of amides is 1. The average molecular weight is 169 g/mol. The first-order valence-corrected chi connectivity index (χ1v) is 4.28. The zero-order valence-electron chi connectivity index (χ0n) is 7.43. The molecule has 12 heavy (non-hydrogen) atoms. The third kappa shape index (κ3) is 1.50. The van der Waals surface area contributed by atoms with Crippen molar-refractivity contribution in [3.8, 4) is 0 Å². The van der Waals surface area contributed by atoms with E-state index >= 15 is 0 Å². The van der Waals surface area contributed by atoms with Crippen molar-refractivity contribution in [2.75, 3.05) is 13.2 Å². The van der Waals surface area contributed by atoms with Gasteiger partial charge in [-0.15, -0.1) is 6.58 Å². The van der Waals surface area contributed by atoms with E-state index in [1.54, 1.807) is 6.08 Å². The van der Waals surface area contributed by atoms with E-state index in [9.17, 15) is 4.79 Å². The molecule has 1 unspecified atom stereocenters. The summed E-state index contributed by atoms with van der Waals surface area (Å²) in [4.78, 5) is 11.5. The zero-order valence-corrected chi connectivity index (χ0v) is 7.43. The summed E-state index contributed by atoms with van der Waals surface area (Å²) in [6.07, 6.45) is 3.02. The highest BCUT2D eigenvalue weighted by Gasteiger charge is 2.38.